The van der Waals surface area contributed by atoms with Gasteiger partial charge in [0, 0.05) is 53.1 Å². The fourth-order valence-corrected chi connectivity index (χ4v) is 6.52. The number of nitrogens with zero attached hydrogens (tertiary/aromatic N) is 3. The van der Waals surface area contributed by atoms with E-state index >= 15 is 0 Å². The molecule has 0 radical (unpaired) electrons. The first kappa shape index (κ1) is 25.3. The van der Waals surface area contributed by atoms with Crippen LogP contribution in [0.15, 0.2) is 63.3 Å². The third kappa shape index (κ3) is 5.80. The minimum atomic E-state index is 0.242. The molecule has 5 nitrogen and oxygen atoms in total. The molecule has 1 aliphatic rings. The van der Waals surface area contributed by atoms with E-state index in [2.05, 4.69) is 24.2 Å². The molecule has 0 unspecified atom stereocenters. The van der Waals surface area contributed by atoms with Crippen LogP contribution < -0.4 is 0 Å². The summed E-state index contributed by atoms with van der Waals surface area (Å²) >= 11 is 15.5. The second-order valence-corrected chi connectivity index (χ2v) is 11.6. The average Bonchev–Trinajstić information content (AvgIpc) is 3.57. The zero-order valence-corrected chi connectivity index (χ0v) is 22.9. The summed E-state index contributed by atoms with van der Waals surface area (Å²) in [7, 11) is 0. The topological polar surface area (TPSA) is 59.2 Å². The molecule has 0 N–H and O–H groups in total. The number of amides is 1. The third-order valence-corrected chi connectivity index (χ3v) is 9.29. The quantitative estimate of drug-likeness (QED) is 0.215. The molecule has 0 saturated carbocycles. The molecule has 1 aliphatic heterocycles. The highest BCUT2D eigenvalue weighted by atomic mass is 35.5. The molecule has 0 spiro atoms. The second kappa shape index (κ2) is 11.4. The second-order valence-electron chi connectivity index (χ2n) is 8.80. The Kier molecular flexibility index (Phi) is 8.01. The predicted octanol–water partition coefficient (Wildman–Crippen LogP) is 7.97. The van der Waals surface area contributed by atoms with Crippen molar-refractivity contribution in [2.75, 3.05) is 18.8 Å². The van der Waals surface area contributed by atoms with E-state index in [1.54, 1.807) is 35.2 Å². The van der Waals surface area contributed by atoms with E-state index in [-0.39, 0.29) is 5.91 Å². The van der Waals surface area contributed by atoms with E-state index in [1.807, 2.05) is 34.5 Å². The lowest BCUT2D eigenvalue weighted by Gasteiger charge is -2.31. The molecule has 1 saturated heterocycles. The summed E-state index contributed by atoms with van der Waals surface area (Å²) in [4.78, 5) is 20.8. The number of piperidine rings is 1. The Bertz CT molecular complexity index is 1360. The van der Waals surface area contributed by atoms with Crippen molar-refractivity contribution in [2.45, 2.75) is 37.0 Å². The molecule has 0 aliphatic carbocycles. The van der Waals surface area contributed by atoms with Crippen LogP contribution in [-0.2, 0) is 4.79 Å². The van der Waals surface area contributed by atoms with Crippen LogP contribution >= 0.6 is 46.3 Å². The van der Waals surface area contributed by atoms with E-state index < -0.39 is 0 Å². The van der Waals surface area contributed by atoms with E-state index in [9.17, 15) is 4.79 Å². The van der Waals surface area contributed by atoms with Crippen molar-refractivity contribution in [1.82, 2.24) is 15.0 Å². The van der Waals surface area contributed by atoms with Crippen LogP contribution in [0.5, 0.6) is 0 Å². The molecule has 1 fully saturated rings. The third-order valence-electron chi connectivity index (χ3n) is 6.36. The molecule has 1 amide bonds. The number of aryl methyl sites for hydroxylation is 1. The van der Waals surface area contributed by atoms with Gasteiger partial charge < -0.3 is 9.42 Å². The maximum atomic E-state index is 12.7. The molecule has 186 valence electrons. The van der Waals surface area contributed by atoms with Crippen molar-refractivity contribution in [3.05, 3.63) is 74.5 Å². The molecule has 3 heterocycles. The fourth-order valence-electron chi connectivity index (χ4n) is 4.28. The van der Waals surface area contributed by atoms with Gasteiger partial charge in [-0.3, -0.25) is 4.79 Å². The van der Waals surface area contributed by atoms with Crippen molar-refractivity contribution >= 4 is 52.2 Å². The smallest absolute Gasteiger partial charge is 0.223 e. The highest BCUT2D eigenvalue weighted by molar-refractivity contribution is 7.99. The molecular formula is C27H25Cl2N3O2S2. The molecule has 2 aromatic carbocycles. The summed E-state index contributed by atoms with van der Waals surface area (Å²) in [6, 6.07) is 15.6. The molecule has 9 heteroatoms. The van der Waals surface area contributed by atoms with Crippen LogP contribution in [0, 0.1) is 6.92 Å². The van der Waals surface area contributed by atoms with Crippen LogP contribution in [0.25, 0.3) is 22.7 Å². The standard InChI is InChI=1S/C27H25Cl2N3O2S2/c1-17-4-2-3-5-25(17)35-13-10-26(33)32-11-8-18(9-12-32)27-30-23(16-36-27)24-15-22(31-34-24)19-6-7-20(28)21(29)14-19/h2-7,14-16,18H,8-13H2,1H3. The van der Waals surface area contributed by atoms with Gasteiger partial charge in [0.2, 0.25) is 5.91 Å². The highest BCUT2D eigenvalue weighted by Gasteiger charge is 2.26. The van der Waals surface area contributed by atoms with E-state index in [1.165, 1.54) is 10.5 Å². The molecule has 36 heavy (non-hydrogen) atoms. The van der Waals surface area contributed by atoms with Crippen LogP contribution in [0.2, 0.25) is 10.0 Å². The van der Waals surface area contributed by atoms with Crippen LogP contribution in [-0.4, -0.2) is 39.8 Å². The van der Waals surface area contributed by atoms with Gasteiger partial charge >= 0.3 is 0 Å². The summed E-state index contributed by atoms with van der Waals surface area (Å²) in [6.45, 7) is 3.66. The monoisotopic (exact) mass is 557 g/mol. The SMILES string of the molecule is Cc1ccccc1SCCC(=O)N1CCC(c2nc(-c3cc(-c4ccc(Cl)c(Cl)c4)no3)cs2)CC1. The van der Waals surface area contributed by atoms with E-state index in [4.69, 9.17) is 32.7 Å². The number of carbonyl (C=O) groups is 1. The lowest BCUT2D eigenvalue weighted by molar-refractivity contribution is -0.131. The molecule has 0 bridgehead atoms. The number of thioether (sulfide) groups is 1. The summed E-state index contributed by atoms with van der Waals surface area (Å²) in [5, 5.41) is 8.25. The predicted molar refractivity (Wildman–Crippen MR) is 148 cm³/mol. The van der Waals surface area contributed by atoms with Gasteiger partial charge in [-0.05, 0) is 43.5 Å². The van der Waals surface area contributed by atoms with E-state index in [0.717, 1.165) is 47.9 Å². The maximum absolute atomic E-state index is 12.7. The van der Waals surface area contributed by atoms with Crippen molar-refractivity contribution in [1.29, 1.82) is 0 Å². The summed E-state index contributed by atoms with van der Waals surface area (Å²) in [6.07, 6.45) is 2.42. The molecular weight excluding hydrogens is 533 g/mol. The Labute approximate surface area is 228 Å². The number of thiazole rings is 1. The van der Waals surface area contributed by atoms with Gasteiger partial charge in [0.15, 0.2) is 5.76 Å². The van der Waals surface area contributed by atoms with Gasteiger partial charge in [-0.2, -0.15) is 0 Å². The van der Waals surface area contributed by atoms with Gasteiger partial charge in [0.1, 0.15) is 11.4 Å². The van der Waals surface area contributed by atoms with Crippen molar-refractivity contribution in [3.8, 4) is 22.7 Å². The zero-order chi connectivity index (χ0) is 25.1. The summed E-state index contributed by atoms with van der Waals surface area (Å²) in [5.74, 6) is 2.02. The van der Waals surface area contributed by atoms with Gasteiger partial charge in [-0.1, -0.05) is 52.6 Å². The fraction of sp³-hybridized carbons (Fsp3) is 0.296. The number of hydrogen-bond donors (Lipinski definition) is 0. The normalized spacial score (nSPS) is 14.4. The lowest BCUT2D eigenvalue weighted by atomic mass is 9.97. The molecule has 5 rings (SSSR count). The largest absolute Gasteiger partial charge is 0.354 e. The lowest BCUT2D eigenvalue weighted by Crippen LogP contribution is -2.38. The maximum Gasteiger partial charge on any atom is 0.223 e. The first-order valence-electron chi connectivity index (χ1n) is 11.8. The van der Waals surface area contributed by atoms with Crippen molar-refractivity contribution in [2.24, 2.45) is 0 Å². The Hall–Kier alpha value is -2.32. The number of benzene rings is 2. The Balaban J connectivity index is 1.14. The Morgan fingerprint density at radius 3 is 2.69 bits per heavy atom. The van der Waals surface area contributed by atoms with Crippen molar-refractivity contribution < 1.29 is 9.32 Å². The number of hydrogen-bond acceptors (Lipinski definition) is 6. The van der Waals surface area contributed by atoms with Gasteiger partial charge in [-0.25, -0.2) is 4.98 Å². The molecule has 0 atom stereocenters. The van der Waals surface area contributed by atoms with Crippen LogP contribution in [0.4, 0.5) is 0 Å². The Morgan fingerprint density at radius 2 is 1.92 bits per heavy atom. The minimum Gasteiger partial charge on any atom is -0.354 e. The molecule has 4 aromatic rings. The van der Waals surface area contributed by atoms with Gasteiger partial charge in [0.25, 0.3) is 0 Å². The number of likely N-dealkylation sites (tertiary alicyclic amines) is 1. The number of carbonyl (C=O) groups excluding carboxylic acids is 1. The Morgan fingerprint density at radius 1 is 1.11 bits per heavy atom. The summed E-state index contributed by atoms with van der Waals surface area (Å²) in [5.41, 5.74) is 3.56. The van der Waals surface area contributed by atoms with E-state index in [0.29, 0.717) is 33.8 Å². The highest BCUT2D eigenvalue weighted by Crippen LogP contribution is 2.35. The van der Waals surface area contributed by atoms with Crippen molar-refractivity contribution in [3.63, 3.8) is 0 Å². The minimum absolute atomic E-state index is 0.242. The first-order chi connectivity index (χ1) is 17.5. The van der Waals surface area contributed by atoms with Gasteiger partial charge in [-0.15, -0.1) is 23.1 Å². The van der Waals surface area contributed by atoms with Crippen LogP contribution in [0.1, 0.15) is 35.8 Å². The number of aromatic nitrogens is 2. The molecule has 2 aromatic heterocycles. The average molecular weight is 559 g/mol. The summed E-state index contributed by atoms with van der Waals surface area (Å²) < 4.78 is 5.56. The van der Waals surface area contributed by atoms with Crippen LogP contribution in [0.3, 0.4) is 0 Å². The zero-order valence-electron chi connectivity index (χ0n) is 19.7. The number of rotatable bonds is 7. The first-order valence-corrected chi connectivity index (χ1v) is 14.4. The van der Waals surface area contributed by atoms with Gasteiger partial charge in [0.05, 0.1) is 15.1 Å². The number of halogens is 2.